The zero-order chi connectivity index (χ0) is 24.2. The second kappa shape index (κ2) is 10.4. The Morgan fingerprint density at radius 1 is 0.824 bits per heavy atom. The molecule has 34 heavy (non-hydrogen) atoms. The van der Waals surface area contributed by atoms with E-state index in [1.165, 1.54) is 36.4 Å². The lowest BCUT2D eigenvalue weighted by molar-refractivity contribution is -0.0210. The van der Waals surface area contributed by atoms with Gasteiger partial charge in [-0.05, 0) is 61.8 Å². The number of rotatable bonds is 6. The third kappa shape index (κ3) is 4.87. The molecule has 1 fully saturated rings. The van der Waals surface area contributed by atoms with Crippen LogP contribution in [0.3, 0.4) is 0 Å². The van der Waals surface area contributed by atoms with Crippen molar-refractivity contribution >= 4 is 0 Å². The first-order chi connectivity index (χ1) is 16.4. The largest absolute Gasteiger partial charge is 0.505 e. The van der Waals surface area contributed by atoms with Crippen molar-refractivity contribution in [2.75, 3.05) is 6.61 Å². The van der Waals surface area contributed by atoms with Crippen LogP contribution >= 0.6 is 0 Å². The molecular formula is C28H26F4O2. The molecule has 2 atom stereocenters. The first-order valence-corrected chi connectivity index (χ1v) is 11.4. The molecule has 4 rings (SSSR count). The maximum absolute atomic E-state index is 15.0. The van der Waals surface area contributed by atoms with E-state index in [2.05, 4.69) is 6.08 Å². The summed E-state index contributed by atoms with van der Waals surface area (Å²) in [6.45, 7) is 2.51. The summed E-state index contributed by atoms with van der Waals surface area (Å²) >= 11 is 0. The van der Waals surface area contributed by atoms with E-state index >= 15 is 0 Å². The van der Waals surface area contributed by atoms with Gasteiger partial charge in [0.2, 0.25) is 5.82 Å². The van der Waals surface area contributed by atoms with Crippen LogP contribution < -0.4 is 0 Å². The Morgan fingerprint density at radius 3 is 2.03 bits per heavy atom. The molecule has 0 spiro atoms. The maximum atomic E-state index is 15.0. The fourth-order valence-electron chi connectivity index (χ4n) is 4.41. The maximum Gasteiger partial charge on any atom is 0.200 e. The van der Waals surface area contributed by atoms with E-state index in [1.54, 1.807) is 6.07 Å². The predicted molar refractivity (Wildman–Crippen MR) is 124 cm³/mol. The summed E-state index contributed by atoms with van der Waals surface area (Å²) in [7, 11) is 0. The SMILES string of the molecule is C/C=C/CCC1CCC(c2ccc(-c3ccc(-c4ccc(O)c(F)c4F)cc3)c(F)c2F)OC1. The van der Waals surface area contributed by atoms with Gasteiger partial charge in [0.05, 0.1) is 12.7 Å². The van der Waals surface area contributed by atoms with Crippen molar-refractivity contribution in [2.24, 2.45) is 5.92 Å². The molecule has 0 aliphatic carbocycles. The Hall–Kier alpha value is -3.12. The van der Waals surface area contributed by atoms with E-state index in [-0.39, 0.29) is 16.7 Å². The van der Waals surface area contributed by atoms with Crippen LogP contribution in [0.5, 0.6) is 5.75 Å². The molecule has 1 heterocycles. The molecule has 178 valence electrons. The summed E-state index contributed by atoms with van der Waals surface area (Å²) in [5, 5.41) is 9.29. The molecule has 6 heteroatoms. The van der Waals surface area contributed by atoms with Crippen LogP contribution in [0.4, 0.5) is 17.6 Å². The summed E-state index contributed by atoms with van der Waals surface area (Å²) in [5.74, 6) is -4.76. The minimum atomic E-state index is -1.33. The van der Waals surface area contributed by atoms with Gasteiger partial charge in [-0.25, -0.2) is 13.2 Å². The molecule has 2 nitrogen and oxygen atoms in total. The lowest BCUT2D eigenvalue weighted by Gasteiger charge is -2.29. The van der Waals surface area contributed by atoms with E-state index in [4.69, 9.17) is 4.74 Å². The monoisotopic (exact) mass is 470 g/mol. The fraction of sp³-hybridized carbons (Fsp3) is 0.286. The van der Waals surface area contributed by atoms with Crippen LogP contribution in [0.2, 0.25) is 0 Å². The zero-order valence-electron chi connectivity index (χ0n) is 18.8. The van der Waals surface area contributed by atoms with Crippen molar-refractivity contribution in [2.45, 2.75) is 38.7 Å². The standard InChI is InChI=1S/C28H26F4O2/c1-2-3-4-5-17-6-15-24(34-16-17)22-12-11-20(25(29)27(22)31)18-7-9-19(10-8-18)21-13-14-23(33)28(32)26(21)30/h2-3,7-14,17,24,33H,4-6,15-16H2,1H3/b3-2+. The third-order valence-electron chi connectivity index (χ3n) is 6.38. The minimum Gasteiger partial charge on any atom is -0.505 e. The fourth-order valence-corrected chi connectivity index (χ4v) is 4.41. The van der Waals surface area contributed by atoms with Gasteiger partial charge in [0, 0.05) is 16.7 Å². The van der Waals surface area contributed by atoms with Crippen molar-refractivity contribution in [3.05, 3.63) is 89.5 Å². The van der Waals surface area contributed by atoms with Gasteiger partial charge in [-0.1, -0.05) is 48.6 Å². The number of phenolic OH excluding ortho intramolecular Hbond substituents is 1. The van der Waals surface area contributed by atoms with Crippen molar-refractivity contribution in [1.82, 2.24) is 0 Å². The second-order valence-electron chi connectivity index (χ2n) is 8.58. The van der Waals surface area contributed by atoms with Crippen LogP contribution in [-0.2, 0) is 4.74 Å². The molecule has 1 aliphatic heterocycles. The topological polar surface area (TPSA) is 29.5 Å². The van der Waals surface area contributed by atoms with Crippen LogP contribution in [-0.4, -0.2) is 11.7 Å². The number of aromatic hydroxyl groups is 1. The Balaban J connectivity index is 1.51. The molecular weight excluding hydrogens is 444 g/mol. The van der Waals surface area contributed by atoms with Gasteiger partial charge >= 0.3 is 0 Å². The molecule has 3 aromatic carbocycles. The number of phenols is 1. The molecule has 3 aromatic rings. The first kappa shape index (κ1) is 24.0. The quantitative estimate of drug-likeness (QED) is 0.291. The van der Waals surface area contributed by atoms with Crippen LogP contribution in [0.1, 0.15) is 44.3 Å². The summed E-state index contributed by atoms with van der Waals surface area (Å²) in [4.78, 5) is 0. The van der Waals surface area contributed by atoms with Gasteiger partial charge in [-0.2, -0.15) is 4.39 Å². The van der Waals surface area contributed by atoms with E-state index in [1.807, 2.05) is 13.0 Å². The Labute approximate surface area is 196 Å². The van der Waals surface area contributed by atoms with Gasteiger partial charge < -0.3 is 9.84 Å². The number of allylic oxidation sites excluding steroid dienone is 2. The van der Waals surface area contributed by atoms with Crippen LogP contribution in [0.25, 0.3) is 22.3 Å². The number of halogens is 4. The number of hydrogen-bond acceptors (Lipinski definition) is 2. The van der Waals surface area contributed by atoms with Gasteiger partial charge in [-0.15, -0.1) is 0 Å². The highest BCUT2D eigenvalue weighted by atomic mass is 19.2. The molecule has 0 bridgehead atoms. The number of hydrogen-bond donors (Lipinski definition) is 1. The van der Waals surface area contributed by atoms with Crippen LogP contribution in [0.15, 0.2) is 60.7 Å². The molecule has 0 amide bonds. The van der Waals surface area contributed by atoms with Crippen molar-refractivity contribution in [1.29, 1.82) is 0 Å². The summed E-state index contributed by atoms with van der Waals surface area (Å²) in [6, 6.07) is 11.4. The molecule has 1 N–H and O–H groups in total. The molecule has 1 aliphatic rings. The lowest BCUT2D eigenvalue weighted by Crippen LogP contribution is -2.21. The third-order valence-corrected chi connectivity index (χ3v) is 6.38. The highest BCUT2D eigenvalue weighted by Gasteiger charge is 2.27. The normalized spacial score (nSPS) is 18.5. The minimum absolute atomic E-state index is 0.0395. The highest BCUT2D eigenvalue weighted by Crippen LogP contribution is 2.37. The Bertz CT molecular complexity index is 1180. The second-order valence-corrected chi connectivity index (χ2v) is 8.58. The predicted octanol–water partition coefficient (Wildman–Crippen LogP) is 8.11. The van der Waals surface area contributed by atoms with Gasteiger partial charge in [0.1, 0.15) is 0 Å². The Kier molecular flexibility index (Phi) is 7.37. The first-order valence-electron chi connectivity index (χ1n) is 11.4. The zero-order valence-corrected chi connectivity index (χ0v) is 18.8. The smallest absolute Gasteiger partial charge is 0.200 e. The summed E-state index contributed by atoms with van der Waals surface area (Å²) in [6.07, 6.45) is 7.21. The number of benzene rings is 3. The molecule has 0 radical (unpaired) electrons. The Morgan fingerprint density at radius 2 is 1.44 bits per heavy atom. The van der Waals surface area contributed by atoms with Gasteiger partial charge in [0.25, 0.3) is 0 Å². The summed E-state index contributed by atoms with van der Waals surface area (Å²) in [5.41, 5.74) is 0.996. The van der Waals surface area contributed by atoms with E-state index in [0.29, 0.717) is 30.1 Å². The molecule has 2 unspecified atom stereocenters. The molecule has 1 saturated heterocycles. The van der Waals surface area contributed by atoms with Crippen molar-refractivity contribution in [3.8, 4) is 28.0 Å². The number of ether oxygens (including phenoxy) is 1. The summed E-state index contributed by atoms with van der Waals surface area (Å²) < 4.78 is 63.7. The average molecular weight is 471 g/mol. The average Bonchev–Trinajstić information content (AvgIpc) is 2.85. The molecule has 0 aromatic heterocycles. The highest BCUT2D eigenvalue weighted by molar-refractivity contribution is 5.71. The van der Waals surface area contributed by atoms with Crippen molar-refractivity contribution < 1.29 is 27.4 Å². The van der Waals surface area contributed by atoms with E-state index in [9.17, 15) is 22.7 Å². The van der Waals surface area contributed by atoms with Gasteiger partial charge in [-0.3, -0.25) is 0 Å². The molecule has 0 saturated carbocycles. The lowest BCUT2D eigenvalue weighted by atomic mass is 9.90. The van der Waals surface area contributed by atoms with Crippen molar-refractivity contribution in [3.63, 3.8) is 0 Å². The van der Waals surface area contributed by atoms with E-state index < -0.39 is 35.1 Å². The van der Waals surface area contributed by atoms with Crippen LogP contribution in [0, 0.1) is 29.2 Å². The van der Waals surface area contributed by atoms with Gasteiger partial charge in [0.15, 0.2) is 23.2 Å². The van der Waals surface area contributed by atoms with E-state index in [0.717, 1.165) is 25.3 Å².